The molecule has 32 heavy (non-hydrogen) atoms. The van der Waals surface area contributed by atoms with Crippen LogP contribution in [-0.4, -0.2) is 38.7 Å². The minimum atomic E-state index is -0.141. The number of carbonyl (C=O) groups excluding carboxylic acids is 1. The number of nitrogens with one attached hydrogen (secondary N) is 3. The molecule has 0 heterocycles. The quantitative estimate of drug-likeness (QED) is 0.221. The van der Waals surface area contributed by atoms with Crippen LogP contribution in [0.3, 0.4) is 0 Å². The highest BCUT2D eigenvalue weighted by atomic mass is 127. The number of rotatable bonds is 11. The Hall–Kier alpha value is -2.33. The second-order valence-electron chi connectivity index (χ2n) is 7.40. The maximum absolute atomic E-state index is 11.4. The zero-order valence-corrected chi connectivity index (χ0v) is 21.6. The first-order valence-corrected chi connectivity index (χ1v) is 10.6. The van der Waals surface area contributed by atoms with Gasteiger partial charge < -0.3 is 25.4 Å². The molecule has 0 aliphatic carbocycles. The van der Waals surface area contributed by atoms with Crippen molar-refractivity contribution in [3.63, 3.8) is 0 Å². The summed E-state index contributed by atoms with van der Waals surface area (Å²) in [6.07, 6.45) is 0. The third kappa shape index (κ3) is 10.3. The van der Waals surface area contributed by atoms with Gasteiger partial charge >= 0.3 is 0 Å². The third-order valence-electron chi connectivity index (χ3n) is 4.47. The number of ether oxygens (including phenoxy) is 2. The molecule has 0 spiro atoms. The van der Waals surface area contributed by atoms with Gasteiger partial charge in [-0.05, 0) is 36.1 Å². The topological polar surface area (TPSA) is 84.0 Å². The molecule has 0 radical (unpaired) electrons. The Morgan fingerprint density at radius 1 is 1.09 bits per heavy atom. The first kappa shape index (κ1) is 27.7. The van der Waals surface area contributed by atoms with Crippen molar-refractivity contribution in [2.75, 3.05) is 32.1 Å². The van der Waals surface area contributed by atoms with Crippen LogP contribution in [0.15, 0.2) is 53.5 Å². The van der Waals surface area contributed by atoms with Gasteiger partial charge in [-0.2, -0.15) is 0 Å². The number of carbonyl (C=O) groups is 1. The average Bonchev–Trinajstić information content (AvgIpc) is 2.76. The normalized spacial score (nSPS) is 11.8. The predicted octanol–water partition coefficient (Wildman–Crippen LogP) is 4.18. The van der Waals surface area contributed by atoms with Crippen molar-refractivity contribution in [3.05, 3.63) is 59.7 Å². The summed E-state index contributed by atoms with van der Waals surface area (Å²) in [7, 11) is 1.58. The van der Waals surface area contributed by atoms with Crippen LogP contribution in [0, 0.1) is 5.92 Å². The lowest BCUT2D eigenvalue weighted by Gasteiger charge is -2.16. The van der Waals surface area contributed by atoms with E-state index in [1.165, 1.54) is 12.5 Å². The lowest BCUT2D eigenvalue weighted by atomic mass is 10.2. The van der Waals surface area contributed by atoms with Crippen LogP contribution >= 0.6 is 24.0 Å². The molecule has 3 N–H and O–H groups in total. The van der Waals surface area contributed by atoms with E-state index in [1.54, 1.807) is 7.11 Å². The zero-order chi connectivity index (χ0) is 22.5. The Bertz CT molecular complexity index is 846. The second kappa shape index (κ2) is 15.5. The summed E-state index contributed by atoms with van der Waals surface area (Å²) in [5.74, 6) is 1.56. The summed E-state index contributed by atoms with van der Waals surface area (Å²) in [6, 6.07) is 15.8. The third-order valence-corrected chi connectivity index (χ3v) is 4.47. The minimum absolute atomic E-state index is 0. The maximum Gasteiger partial charge on any atom is 0.221 e. The first-order chi connectivity index (χ1) is 15.0. The van der Waals surface area contributed by atoms with Crippen LogP contribution in [0.5, 0.6) is 5.75 Å². The Kier molecular flexibility index (Phi) is 13.4. The van der Waals surface area contributed by atoms with Gasteiger partial charge in [0.2, 0.25) is 5.91 Å². The van der Waals surface area contributed by atoms with Crippen LogP contribution in [0.2, 0.25) is 0 Å². The Balaban J connectivity index is 0.00000512. The van der Waals surface area contributed by atoms with Gasteiger partial charge in [-0.3, -0.25) is 4.79 Å². The van der Waals surface area contributed by atoms with Crippen molar-refractivity contribution in [1.82, 2.24) is 10.6 Å². The van der Waals surface area contributed by atoms with Crippen molar-refractivity contribution < 1.29 is 14.3 Å². The summed E-state index contributed by atoms with van der Waals surface area (Å²) >= 11 is 0. The molecule has 8 heteroatoms. The molecule has 176 valence electrons. The van der Waals surface area contributed by atoms with E-state index in [-0.39, 0.29) is 29.9 Å². The van der Waals surface area contributed by atoms with E-state index < -0.39 is 0 Å². The van der Waals surface area contributed by atoms with Crippen molar-refractivity contribution in [3.8, 4) is 5.75 Å². The number of methoxy groups -OCH3 is 1. The van der Waals surface area contributed by atoms with Gasteiger partial charge in [0, 0.05) is 20.0 Å². The van der Waals surface area contributed by atoms with Crippen molar-refractivity contribution in [1.29, 1.82) is 0 Å². The monoisotopic (exact) mass is 554 g/mol. The lowest BCUT2D eigenvalue weighted by molar-refractivity contribution is -0.114. The summed E-state index contributed by atoms with van der Waals surface area (Å²) in [5, 5.41) is 9.43. The molecular formula is C24H35IN4O3. The van der Waals surface area contributed by atoms with Gasteiger partial charge in [0.1, 0.15) is 5.75 Å². The van der Waals surface area contributed by atoms with E-state index in [2.05, 4.69) is 40.0 Å². The highest BCUT2D eigenvalue weighted by molar-refractivity contribution is 14.0. The molecule has 7 nitrogen and oxygen atoms in total. The fourth-order valence-electron chi connectivity index (χ4n) is 2.93. The number of aliphatic imine (C=N–C) groups is 1. The molecule has 0 aliphatic heterocycles. The van der Waals surface area contributed by atoms with E-state index in [0.29, 0.717) is 37.1 Å². The summed E-state index contributed by atoms with van der Waals surface area (Å²) in [4.78, 5) is 16.1. The molecule has 2 rings (SSSR count). The van der Waals surface area contributed by atoms with Crippen molar-refractivity contribution in [2.24, 2.45) is 10.9 Å². The minimum Gasteiger partial charge on any atom is -0.495 e. The van der Waals surface area contributed by atoms with Crippen molar-refractivity contribution >= 4 is 41.5 Å². The molecule has 0 saturated heterocycles. The molecule has 1 unspecified atom stereocenters. The molecule has 0 aliphatic rings. The fraction of sp³-hybridized carbons (Fsp3) is 0.417. The van der Waals surface area contributed by atoms with Gasteiger partial charge in [-0.15, -0.1) is 24.0 Å². The Morgan fingerprint density at radius 3 is 2.50 bits per heavy atom. The van der Waals surface area contributed by atoms with Crippen LogP contribution in [-0.2, 0) is 22.7 Å². The summed E-state index contributed by atoms with van der Waals surface area (Å²) in [6.45, 7) is 8.93. The molecule has 1 atom stereocenters. The highest BCUT2D eigenvalue weighted by Gasteiger charge is 2.08. The van der Waals surface area contributed by atoms with E-state index in [4.69, 9.17) is 9.47 Å². The molecule has 0 aromatic heterocycles. The smallest absolute Gasteiger partial charge is 0.221 e. The predicted molar refractivity (Wildman–Crippen MR) is 141 cm³/mol. The molecule has 2 aromatic rings. The van der Waals surface area contributed by atoms with Gasteiger partial charge in [0.25, 0.3) is 0 Å². The van der Waals surface area contributed by atoms with Gasteiger partial charge in [-0.1, -0.05) is 43.3 Å². The van der Waals surface area contributed by atoms with E-state index in [9.17, 15) is 4.79 Å². The van der Waals surface area contributed by atoms with E-state index in [1.807, 2.05) is 43.3 Å². The van der Waals surface area contributed by atoms with Crippen LogP contribution < -0.4 is 20.7 Å². The van der Waals surface area contributed by atoms with Gasteiger partial charge in [0.05, 0.1) is 32.6 Å². The summed E-state index contributed by atoms with van der Waals surface area (Å²) < 4.78 is 11.1. The SMILES string of the molecule is CCNC(=NCc1ccc(OC)c(NC(C)=O)c1)NCC(C)COCc1ccccc1.I. The number of halogens is 1. The Morgan fingerprint density at radius 2 is 1.84 bits per heavy atom. The van der Waals surface area contributed by atoms with Crippen LogP contribution in [0.1, 0.15) is 31.9 Å². The lowest BCUT2D eigenvalue weighted by Crippen LogP contribution is -2.40. The second-order valence-corrected chi connectivity index (χ2v) is 7.40. The van der Waals surface area contributed by atoms with Crippen LogP contribution in [0.25, 0.3) is 0 Å². The standard InChI is InChI=1S/C24H34N4O3.HI/c1-5-25-24(26-14-18(2)16-31-17-20-9-7-6-8-10-20)27-15-21-11-12-23(30-4)22(13-21)28-19(3)29;/h6-13,18H,5,14-17H2,1-4H3,(H,28,29)(H2,25,26,27);1H. The van der Waals surface area contributed by atoms with Crippen molar-refractivity contribution in [2.45, 2.75) is 33.9 Å². The molecule has 2 aromatic carbocycles. The first-order valence-electron chi connectivity index (χ1n) is 10.6. The number of amides is 1. The fourth-order valence-corrected chi connectivity index (χ4v) is 2.93. The molecule has 0 fully saturated rings. The number of anilines is 1. The molecule has 0 bridgehead atoms. The highest BCUT2D eigenvalue weighted by Crippen LogP contribution is 2.25. The maximum atomic E-state index is 11.4. The Labute approximate surface area is 208 Å². The molecule has 0 saturated carbocycles. The number of benzene rings is 2. The average molecular weight is 554 g/mol. The van der Waals surface area contributed by atoms with E-state index >= 15 is 0 Å². The van der Waals surface area contributed by atoms with Gasteiger partial charge in [-0.25, -0.2) is 4.99 Å². The number of nitrogens with zero attached hydrogens (tertiary/aromatic N) is 1. The zero-order valence-electron chi connectivity index (χ0n) is 19.3. The molecular weight excluding hydrogens is 519 g/mol. The van der Waals surface area contributed by atoms with Crippen LogP contribution in [0.4, 0.5) is 5.69 Å². The van der Waals surface area contributed by atoms with E-state index in [0.717, 1.165) is 24.6 Å². The summed E-state index contributed by atoms with van der Waals surface area (Å²) in [5.41, 5.74) is 2.79. The largest absolute Gasteiger partial charge is 0.495 e. The number of hydrogen-bond acceptors (Lipinski definition) is 4. The molecule has 1 amide bonds. The number of hydrogen-bond donors (Lipinski definition) is 3. The number of guanidine groups is 1. The van der Waals surface area contributed by atoms with Gasteiger partial charge in [0.15, 0.2) is 5.96 Å².